The van der Waals surface area contributed by atoms with E-state index in [-0.39, 0.29) is 24.5 Å². The van der Waals surface area contributed by atoms with Crippen LogP contribution in [-0.4, -0.2) is 54.5 Å². The number of rotatable bonds is 5. The van der Waals surface area contributed by atoms with Crippen LogP contribution >= 0.6 is 0 Å². The third kappa shape index (κ3) is 5.00. The molecule has 3 amide bonds. The second-order valence-corrected chi connectivity index (χ2v) is 4.03. The molecular formula is C11H23N3O2. The third-order valence-corrected chi connectivity index (χ3v) is 2.25. The first-order valence-corrected chi connectivity index (χ1v) is 5.71. The van der Waals surface area contributed by atoms with E-state index in [1.165, 1.54) is 4.90 Å². The fourth-order valence-electron chi connectivity index (χ4n) is 1.31. The van der Waals surface area contributed by atoms with E-state index in [1.54, 1.807) is 11.9 Å². The van der Waals surface area contributed by atoms with E-state index in [9.17, 15) is 9.59 Å². The lowest BCUT2D eigenvalue weighted by atomic mass is 10.4. The molecule has 0 aliphatic carbocycles. The molecule has 16 heavy (non-hydrogen) atoms. The highest BCUT2D eigenvalue weighted by molar-refractivity contribution is 5.83. The van der Waals surface area contributed by atoms with Crippen LogP contribution in [-0.2, 0) is 4.79 Å². The Labute approximate surface area is 97.8 Å². The summed E-state index contributed by atoms with van der Waals surface area (Å²) >= 11 is 0. The predicted molar refractivity (Wildman–Crippen MR) is 64.2 cm³/mol. The maximum atomic E-state index is 11.7. The zero-order valence-electron chi connectivity index (χ0n) is 10.9. The Morgan fingerprint density at radius 2 is 1.69 bits per heavy atom. The molecule has 0 aliphatic rings. The van der Waals surface area contributed by atoms with Gasteiger partial charge in [0.05, 0.1) is 0 Å². The topological polar surface area (TPSA) is 52.7 Å². The summed E-state index contributed by atoms with van der Waals surface area (Å²) in [6.07, 6.45) is 0. The van der Waals surface area contributed by atoms with Gasteiger partial charge < -0.3 is 15.1 Å². The molecule has 0 aliphatic heterocycles. The molecule has 0 saturated carbocycles. The summed E-state index contributed by atoms with van der Waals surface area (Å²) in [7, 11) is 1.62. The summed E-state index contributed by atoms with van der Waals surface area (Å²) in [5.74, 6) is -0.0218. The number of hydrogen-bond acceptors (Lipinski definition) is 2. The second kappa shape index (κ2) is 7.09. The maximum absolute atomic E-state index is 11.7. The molecule has 0 unspecified atom stereocenters. The van der Waals surface area contributed by atoms with Gasteiger partial charge in [0, 0.05) is 26.2 Å². The number of nitrogens with one attached hydrogen (secondary N) is 1. The molecule has 0 saturated heterocycles. The molecule has 5 nitrogen and oxygen atoms in total. The van der Waals surface area contributed by atoms with Gasteiger partial charge in [-0.25, -0.2) is 4.79 Å². The summed E-state index contributed by atoms with van der Waals surface area (Å²) in [6, 6.07) is -0.131. The molecule has 0 rings (SSSR count). The average molecular weight is 229 g/mol. The Morgan fingerprint density at radius 1 is 1.19 bits per heavy atom. The molecule has 1 N–H and O–H groups in total. The average Bonchev–Trinajstić information content (AvgIpc) is 2.18. The highest BCUT2D eigenvalue weighted by atomic mass is 16.2. The SMILES string of the molecule is CCN(CC)C(=O)CN(C)C(=O)NC(C)C. The second-order valence-electron chi connectivity index (χ2n) is 4.03. The van der Waals surface area contributed by atoms with Gasteiger partial charge in [0.1, 0.15) is 6.54 Å². The quantitative estimate of drug-likeness (QED) is 0.761. The van der Waals surface area contributed by atoms with Crippen molar-refractivity contribution in [3.8, 4) is 0 Å². The molecule has 0 aromatic heterocycles. The van der Waals surface area contributed by atoms with E-state index >= 15 is 0 Å². The van der Waals surface area contributed by atoms with Crippen LogP contribution in [0.1, 0.15) is 27.7 Å². The molecule has 0 bridgehead atoms. The van der Waals surface area contributed by atoms with Gasteiger partial charge in [-0.15, -0.1) is 0 Å². The summed E-state index contributed by atoms with van der Waals surface area (Å²) in [5, 5.41) is 2.74. The smallest absolute Gasteiger partial charge is 0.317 e. The Bertz CT molecular complexity index is 237. The van der Waals surface area contributed by atoms with Gasteiger partial charge in [-0.2, -0.15) is 0 Å². The molecular weight excluding hydrogens is 206 g/mol. The number of urea groups is 1. The van der Waals surface area contributed by atoms with Crippen LogP contribution in [0.5, 0.6) is 0 Å². The van der Waals surface area contributed by atoms with Crippen LogP contribution in [0.4, 0.5) is 4.79 Å². The molecule has 0 atom stereocenters. The molecule has 0 heterocycles. The van der Waals surface area contributed by atoms with Crippen molar-refractivity contribution in [1.82, 2.24) is 15.1 Å². The third-order valence-electron chi connectivity index (χ3n) is 2.25. The zero-order valence-corrected chi connectivity index (χ0v) is 10.9. The first-order valence-electron chi connectivity index (χ1n) is 5.71. The van der Waals surface area contributed by atoms with Crippen molar-refractivity contribution >= 4 is 11.9 Å². The van der Waals surface area contributed by atoms with Crippen molar-refractivity contribution in [2.24, 2.45) is 0 Å². The first kappa shape index (κ1) is 14.7. The summed E-state index contributed by atoms with van der Waals surface area (Å²) in [5.41, 5.74) is 0. The summed E-state index contributed by atoms with van der Waals surface area (Å²) in [6.45, 7) is 9.10. The minimum atomic E-state index is -0.212. The number of carbonyl (C=O) groups excluding carboxylic acids is 2. The Balaban J connectivity index is 4.17. The van der Waals surface area contributed by atoms with Gasteiger partial charge in [0.2, 0.25) is 5.91 Å². The van der Waals surface area contributed by atoms with Gasteiger partial charge in [-0.3, -0.25) is 4.79 Å². The summed E-state index contributed by atoms with van der Waals surface area (Å²) < 4.78 is 0. The van der Waals surface area contributed by atoms with Crippen molar-refractivity contribution in [2.75, 3.05) is 26.7 Å². The fraction of sp³-hybridized carbons (Fsp3) is 0.818. The van der Waals surface area contributed by atoms with Crippen molar-refractivity contribution in [3.05, 3.63) is 0 Å². The number of carbonyl (C=O) groups is 2. The molecule has 0 fully saturated rings. The summed E-state index contributed by atoms with van der Waals surface area (Å²) in [4.78, 5) is 26.4. The standard InChI is InChI=1S/C11H23N3O2/c1-6-14(7-2)10(15)8-13(5)11(16)12-9(3)4/h9H,6-8H2,1-5H3,(H,12,16). The lowest BCUT2D eigenvalue weighted by molar-refractivity contribution is -0.131. The van der Waals surface area contributed by atoms with E-state index in [4.69, 9.17) is 0 Å². The molecule has 94 valence electrons. The Kier molecular flexibility index (Phi) is 6.53. The highest BCUT2D eigenvalue weighted by Crippen LogP contribution is 1.93. The van der Waals surface area contributed by atoms with Crippen molar-refractivity contribution in [2.45, 2.75) is 33.7 Å². The fourth-order valence-corrected chi connectivity index (χ4v) is 1.31. The van der Waals surface area contributed by atoms with Crippen LogP contribution in [0.3, 0.4) is 0 Å². The van der Waals surface area contributed by atoms with Gasteiger partial charge in [-0.05, 0) is 27.7 Å². The Hall–Kier alpha value is -1.26. The monoisotopic (exact) mass is 229 g/mol. The number of likely N-dealkylation sites (N-methyl/N-ethyl adjacent to an activating group) is 2. The van der Waals surface area contributed by atoms with Crippen LogP contribution in [0.15, 0.2) is 0 Å². The van der Waals surface area contributed by atoms with Crippen LogP contribution in [0.25, 0.3) is 0 Å². The zero-order chi connectivity index (χ0) is 12.7. The van der Waals surface area contributed by atoms with Crippen molar-refractivity contribution < 1.29 is 9.59 Å². The largest absolute Gasteiger partial charge is 0.342 e. The minimum Gasteiger partial charge on any atom is -0.342 e. The molecule has 0 aromatic carbocycles. The van der Waals surface area contributed by atoms with Crippen LogP contribution in [0, 0.1) is 0 Å². The van der Waals surface area contributed by atoms with Gasteiger partial charge in [0.25, 0.3) is 0 Å². The minimum absolute atomic E-state index is 0.0218. The normalized spacial score (nSPS) is 10.1. The van der Waals surface area contributed by atoms with E-state index in [0.29, 0.717) is 13.1 Å². The van der Waals surface area contributed by atoms with Gasteiger partial charge in [0.15, 0.2) is 0 Å². The lowest BCUT2D eigenvalue weighted by Gasteiger charge is -2.24. The van der Waals surface area contributed by atoms with E-state index < -0.39 is 0 Å². The lowest BCUT2D eigenvalue weighted by Crippen LogP contribution is -2.46. The maximum Gasteiger partial charge on any atom is 0.317 e. The molecule has 0 aromatic rings. The van der Waals surface area contributed by atoms with Crippen LogP contribution < -0.4 is 5.32 Å². The van der Waals surface area contributed by atoms with Crippen molar-refractivity contribution in [1.29, 1.82) is 0 Å². The predicted octanol–water partition coefficient (Wildman–Crippen LogP) is 0.905. The molecule has 0 radical (unpaired) electrons. The van der Waals surface area contributed by atoms with Crippen LogP contribution in [0.2, 0.25) is 0 Å². The van der Waals surface area contributed by atoms with Crippen molar-refractivity contribution in [3.63, 3.8) is 0 Å². The Morgan fingerprint density at radius 3 is 2.06 bits per heavy atom. The first-order chi connectivity index (χ1) is 7.42. The molecule has 0 spiro atoms. The number of nitrogens with zero attached hydrogens (tertiary/aromatic N) is 2. The number of hydrogen-bond donors (Lipinski definition) is 1. The number of amides is 3. The van der Waals surface area contributed by atoms with E-state index in [1.807, 2.05) is 27.7 Å². The van der Waals surface area contributed by atoms with E-state index in [2.05, 4.69) is 5.32 Å². The molecule has 5 heteroatoms. The van der Waals surface area contributed by atoms with Gasteiger partial charge >= 0.3 is 6.03 Å². The highest BCUT2D eigenvalue weighted by Gasteiger charge is 2.16. The van der Waals surface area contributed by atoms with Gasteiger partial charge in [-0.1, -0.05) is 0 Å². The van der Waals surface area contributed by atoms with E-state index in [0.717, 1.165) is 0 Å².